The second-order valence-electron chi connectivity index (χ2n) is 4.12. The van der Waals surface area contributed by atoms with Crippen molar-refractivity contribution in [3.05, 3.63) is 29.2 Å². The molecule has 0 amide bonds. The molecule has 0 aliphatic carbocycles. The summed E-state index contributed by atoms with van der Waals surface area (Å²) in [4.78, 5) is 0. The van der Waals surface area contributed by atoms with Crippen LogP contribution in [0.1, 0.15) is 43.3 Å². The first-order valence-electron chi connectivity index (χ1n) is 5.33. The van der Waals surface area contributed by atoms with Crippen LogP contribution in [0.2, 0.25) is 0 Å². The highest BCUT2D eigenvalue weighted by molar-refractivity contribution is 5.24. The first kappa shape index (κ1) is 12.0. The van der Waals surface area contributed by atoms with Crippen molar-refractivity contribution < 1.29 is 4.52 Å². The van der Waals surface area contributed by atoms with E-state index in [-0.39, 0.29) is 6.04 Å². The van der Waals surface area contributed by atoms with E-state index in [1.165, 1.54) is 11.1 Å². The van der Waals surface area contributed by atoms with Gasteiger partial charge in [0.2, 0.25) is 0 Å². The normalized spacial score (nSPS) is 12.8. The second kappa shape index (κ2) is 5.12. The third-order valence-electron chi connectivity index (χ3n) is 2.52. The van der Waals surface area contributed by atoms with Crippen molar-refractivity contribution in [2.75, 3.05) is 6.54 Å². The molecule has 84 valence electrons. The standard InChI is InChI=1S/C12H20N2O/c1-8(2)6-7-13-9(3)12-10(4)14-15-11(12)5/h9,13H,1,6-7H2,2-5H3. The zero-order valence-electron chi connectivity index (χ0n) is 10.1. The van der Waals surface area contributed by atoms with E-state index in [1.807, 2.05) is 20.8 Å². The van der Waals surface area contributed by atoms with Gasteiger partial charge in [-0.3, -0.25) is 0 Å². The maximum atomic E-state index is 5.14. The zero-order chi connectivity index (χ0) is 11.4. The van der Waals surface area contributed by atoms with E-state index >= 15 is 0 Å². The average molecular weight is 208 g/mol. The SMILES string of the molecule is C=C(C)CCNC(C)c1c(C)noc1C. The lowest BCUT2D eigenvalue weighted by atomic mass is 10.1. The van der Waals surface area contributed by atoms with Crippen LogP contribution in [-0.2, 0) is 0 Å². The van der Waals surface area contributed by atoms with E-state index in [2.05, 4.69) is 24.0 Å². The van der Waals surface area contributed by atoms with Gasteiger partial charge in [0.05, 0.1) is 5.69 Å². The Morgan fingerprint density at radius 1 is 1.53 bits per heavy atom. The predicted octanol–water partition coefficient (Wildman–Crippen LogP) is 2.91. The van der Waals surface area contributed by atoms with Crippen molar-refractivity contribution in [3.8, 4) is 0 Å². The lowest BCUT2D eigenvalue weighted by molar-refractivity contribution is 0.390. The Morgan fingerprint density at radius 3 is 2.67 bits per heavy atom. The third-order valence-corrected chi connectivity index (χ3v) is 2.52. The Balaban J connectivity index is 2.53. The van der Waals surface area contributed by atoms with Crippen LogP contribution in [-0.4, -0.2) is 11.7 Å². The highest BCUT2D eigenvalue weighted by Crippen LogP contribution is 2.20. The van der Waals surface area contributed by atoms with Crippen molar-refractivity contribution in [2.45, 2.75) is 40.2 Å². The van der Waals surface area contributed by atoms with Crippen molar-refractivity contribution in [1.82, 2.24) is 10.5 Å². The molecule has 0 radical (unpaired) electrons. The van der Waals surface area contributed by atoms with Gasteiger partial charge in [-0.15, -0.1) is 6.58 Å². The first-order chi connectivity index (χ1) is 7.02. The summed E-state index contributed by atoms with van der Waals surface area (Å²) in [6.07, 6.45) is 1.01. The molecular formula is C12H20N2O. The van der Waals surface area contributed by atoms with Crippen molar-refractivity contribution in [1.29, 1.82) is 0 Å². The van der Waals surface area contributed by atoms with Gasteiger partial charge in [0.15, 0.2) is 0 Å². The van der Waals surface area contributed by atoms with Gasteiger partial charge in [0.25, 0.3) is 0 Å². The summed E-state index contributed by atoms with van der Waals surface area (Å²) in [7, 11) is 0. The molecule has 0 fully saturated rings. The Kier molecular flexibility index (Phi) is 4.09. The summed E-state index contributed by atoms with van der Waals surface area (Å²) in [5.41, 5.74) is 3.35. The number of aromatic nitrogens is 1. The summed E-state index contributed by atoms with van der Waals surface area (Å²) >= 11 is 0. The van der Waals surface area contributed by atoms with E-state index in [9.17, 15) is 0 Å². The maximum Gasteiger partial charge on any atom is 0.138 e. The molecule has 0 aromatic carbocycles. The molecule has 0 aliphatic rings. The average Bonchev–Trinajstić information content (AvgIpc) is 2.45. The number of hydrogen-bond acceptors (Lipinski definition) is 3. The van der Waals surface area contributed by atoms with Gasteiger partial charge < -0.3 is 9.84 Å². The highest BCUT2D eigenvalue weighted by Gasteiger charge is 2.15. The minimum absolute atomic E-state index is 0.288. The molecule has 1 rings (SSSR count). The van der Waals surface area contributed by atoms with Gasteiger partial charge in [-0.1, -0.05) is 10.7 Å². The van der Waals surface area contributed by atoms with Crippen LogP contribution in [0.3, 0.4) is 0 Å². The van der Waals surface area contributed by atoms with Gasteiger partial charge in [-0.05, 0) is 40.7 Å². The van der Waals surface area contributed by atoms with Gasteiger partial charge in [-0.25, -0.2) is 0 Å². The van der Waals surface area contributed by atoms with E-state index in [4.69, 9.17) is 4.52 Å². The number of rotatable bonds is 5. The topological polar surface area (TPSA) is 38.1 Å². The van der Waals surface area contributed by atoms with Crippen molar-refractivity contribution in [2.24, 2.45) is 0 Å². The van der Waals surface area contributed by atoms with E-state index < -0.39 is 0 Å². The molecule has 1 atom stereocenters. The molecule has 0 saturated carbocycles. The van der Waals surface area contributed by atoms with Crippen LogP contribution in [0.25, 0.3) is 0 Å². The fraction of sp³-hybridized carbons (Fsp3) is 0.583. The van der Waals surface area contributed by atoms with Gasteiger partial charge in [0, 0.05) is 11.6 Å². The predicted molar refractivity (Wildman–Crippen MR) is 61.8 cm³/mol. The monoisotopic (exact) mass is 208 g/mol. The van der Waals surface area contributed by atoms with E-state index in [0.717, 1.165) is 24.4 Å². The van der Waals surface area contributed by atoms with Crippen molar-refractivity contribution in [3.63, 3.8) is 0 Å². The highest BCUT2D eigenvalue weighted by atomic mass is 16.5. The minimum atomic E-state index is 0.288. The number of aryl methyl sites for hydroxylation is 2. The Hall–Kier alpha value is -1.09. The minimum Gasteiger partial charge on any atom is -0.361 e. The Bertz CT molecular complexity index is 322. The maximum absolute atomic E-state index is 5.14. The van der Waals surface area contributed by atoms with E-state index in [0.29, 0.717) is 0 Å². The van der Waals surface area contributed by atoms with Crippen LogP contribution < -0.4 is 5.32 Å². The summed E-state index contributed by atoms with van der Waals surface area (Å²) < 4.78 is 5.14. The molecule has 3 heteroatoms. The molecule has 0 spiro atoms. The molecule has 1 N–H and O–H groups in total. The largest absolute Gasteiger partial charge is 0.361 e. The molecule has 0 saturated heterocycles. The summed E-state index contributed by atoms with van der Waals surface area (Å²) in [5.74, 6) is 0.905. The van der Waals surface area contributed by atoms with Crippen LogP contribution in [0, 0.1) is 13.8 Å². The lowest BCUT2D eigenvalue weighted by Crippen LogP contribution is -2.20. The molecule has 1 aromatic heterocycles. The van der Waals surface area contributed by atoms with Crippen LogP contribution in [0.5, 0.6) is 0 Å². The van der Waals surface area contributed by atoms with Crippen LogP contribution >= 0.6 is 0 Å². The van der Waals surface area contributed by atoms with E-state index in [1.54, 1.807) is 0 Å². The van der Waals surface area contributed by atoms with Crippen LogP contribution in [0.15, 0.2) is 16.7 Å². The van der Waals surface area contributed by atoms with Gasteiger partial charge >= 0.3 is 0 Å². The Labute approximate surface area is 91.5 Å². The number of nitrogens with zero attached hydrogens (tertiary/aromatic N) is 1. The molecule has 0 aliphatic heterocycles. The van der Waals surface area contributed by atoms with Crippen LogP contribution in [0.4, 0.5) is 0 Å². The second-order valence-corrected chi connectivity index (χ2v) is 4.12. The van der Waals surface area contributed by atoms with Crippen molar-refractivity contribution >= 4 is 0 Å². The fourth-order valence-electron chi connectivity index (χ4n) is 1.71. The molecule has 1 heterocycles. The summed E-state index contributed by atoms with van der Waals surface area (Å²) in [6.45, 7) is 12.9. The fourth-order valence-corrected chi connectivity index (χ4v) is 1.71. The quantitative estimate of drug-likeness (QED) is 0.756. The number of hydrogen-bond donors (Lipinski definition) is 1. The third kappa shape index (κ3) is 3.20. The molecular weight excluding hydrogens is 188 g/mol. The molecule has 15 heavy (non-hydrogen) atoms. The lowest BCUT2D eigenvalue weighted by Gasteiger charge is -2.13. The number of nitrogens with one attached hydrogen (secondary N) is 1. The first-order valence-corrected chi connectivity index (χ1v) is 5.33. The smallest absolute Gasteiger partial charge is 0.138 e. The molecule has 0 bridgehead atoms. The van der Waals surface area contributed by atoms with Gasteiger partial charge in [-0.2, -0.15) is 0 Å². The summed E-state index contributed by atoms with van der Waals surface area (Å²) in [6, 6.07) is 0.288. The van der Waals surface area contributed by atoms with Gasteiger partial charge in [0.1, 0.15) is 5.76 Å². The zero-order valence-corrected chi connectivity index (χ0v) is 10.1. The molecule has 1 aromatic rings. The molecule has 3 nitrogen and oxygen atoms in total. The summed E-state index contributed by atoms with van der Waals surface area (Å²) in [5, 5.41) is 7.39. The molecule has 1 unspecified atom stereocenters. The Morgan fingerprint density at radius 2 is 2.20 bits per heavy atom.